The quantitative estimate of drug-likeness (QED) is 0.0342. The van der Waals surface area contributed by atoms with Crippen molar-refractivity contribution in [3.8, 4) is 11.5 Å². The number of aromatic hydroxyl groups is 2. The smallest absolute Gasteiger partial charge is 0.273 e. The Bertz CT molecular complexity index is 1300. The number of hydrazine groups is 2. The van der Waals surface area contributed by atoms with Crippen LogP contribution >= 0.6 is 0 Å². The lowest BCUT2D eigenvalue weighted by Gasteiger charge is -2.27. The molecule has 290 valence electrons. The number of phenols is 2. The molecule has 0 aromatic heterocycles. The van der Waals surface area contributed by atoms with Crippen molar-refractivity contribution in [3.63, 3.8) is 0 Å². The predicted molar refractivity (Wildman–Crippen MR) is 208 cm³/mol. The van der Waals surface area contributed by atoms with Crippen LogP contribution in [0.4, 0.5) is 0 Å². The van der Waals surface area contributed by atoms with Crippen molar-refractivity contribution in [1.29, 1.82) is 0 Å². The van der Waals surface area contributed by atoms with E-state index in [0.717, 1.165) is 81.8 Å². The van der Waals surface area contributed by atoms with Crippen molar-refractivity contribution < 1.29 is 29.4 Å². The molecule has 0 aliphatic heterocycles. The summed E-state index contributed by atoms with van der Waals surface area (Å²) >= 11 is 0. The number of rotatable bonds is 25. The van der Waals surface area contributed by atoms with E-state index in [2.05, 4.69) is 42.5 Å². The van der Waals surface area contributed by atoms with E-state index in [-0.39, 0.29) is 29.0 Å². The monoisotopic (exact) mass is 722 g/mol. The molecule has 2 rings (SSSR count). The zero-order valence-electron chi connectivity index (χ0n) is 32.3. The second-order valence-corrected chi connectivity index (χ2v) is 14.4. The zero-order chi connectivity index (χ0) is 38.2. The van der Waals surface area contributed by atoms with Crippen molar-refractivity contribution in [2.45, 2.75) is 163 Å². The SMILES string of the molecule is CCCCCCCCc1ccc(C(=O)NNC(=O)C(C)(CCCCCCCC)C(=O)NNC(=O)c2ccc(CCCCCCCC)cc2O)c(O)c1. The van der Waals surface area contributed by atoms with Gasteiger partial charge in [0.15, 0.2) is 0 Å². The largest absolute Gasteiger partial charge is 0.507 e. The van der Waals surface area contributed by atoms with Crippen LogP contribution in [0, 0.1) is 5.41 Å². The number of carbonyl (C=O) groups excluding carboxylic acids is 4. The molecule has 0 bridgehead atoms. The van der Waals surface area contributed by atoms with E-state index in [4.69, 9.17) is 0 Å². The van der Waals surface area contributed by atoms with Crippen molar-refractivity contribution in [1.82, 2.24) is 21.7 Å². The number of amides is 4. The summed E-state index contributed by atoms with van der Waals surface area (Å²) in [7, 11) is 0. The number of phenolic OH excluding ortho intramolecular Hbond substituents is 2. The summed E-state index contributed by atoms with van der Waals surface area (Å²) in [4.78, 5) is 53.0. The van der Waals surface area contributed by atoms with E-state index in [1.165, 1.54) is 70.4 Å². The lowest BCUT2D eigenvalue weighted by molar-refractivity contribution is -0.144. The van der Waals surface area contributed by atoms with Crippen molar-refractivity contribution in [2.24, 2.45) is 5.41 Å². The van der Waals surface area contributed by atoms with Gasteiger partial charge < -0.3 is 10.2 Å². The molecule has 0 radical (unpaired) electrons. The third-order valence-electron chi connectivity index (χ3n) is 9.86. The average molecular weight is 723 g/mol. The minimum absolute atomic E-state index is 0.000798. The van der Waals surface area contributed by atoms with Crippen LogP contribution in [-0.4, -0.2) is 33.8 Å². The minimum Gasteiger partial charge on any atom is -0.507 e. The third-order valence-corrected chi connectivity index (χ3v) is 9.86. The highest BCUT2D eigenvalue weighted by Crippen LogP contribution is 2.27. The van der Waals surface area contributed by atoms with E-state index >= 15 is 0 Å². The highest BCUT2D eigenvalue weighted by molar-refractivity contribution is 6.07. The molecule has 0 saturated carbocycles. The fraction of sp³-hybridized carbons (Fsp3) is 0.619. The summed E-state index contributed by atoms with van der Waals surface area (Å²) in [5.41, 5.74) is 9.61. The molecule has 0 atom stereocenters. The molecule has 10 nitrogen and oxygen atoms in total. The first kappa shape index (κ1) is 44.1. The molecule has 2 aromatic carbocycles. The summed E-state index contributed by atoms with van der Waals surface area (Å²) in [6.45, 7) is 7.96. The van der Waals surface area contributed by atoms with E-state index in [0.29, 0.717) is 6.42 Å². The van der Waals surface area contributed by atoms with E-state index in [9.17, 15) is 29.4 Å². The molecule has 0 saturated heterocycles. The summed E-state index contributed by atoms with van der Waals surface area (Å²) in [5, 5.41) is 21.2. The number of hydrogen-bond donors (Lipinski definition) is 6. The highest BCUT2D eigenvalue weighted by Gasteiger charge is 2.41. The van der Waals surface area contributed by atoms with Crippen LogP contribution in [0.25, 0.3) is 0 Å². The van der Waals surface area contributed by atoms with Crippen LogP contribution in [0.1, 0.15) is 182 Å². The number of hydrogen-bond acceptors (Lipinski definition) is 6. The second-order valence-electron chi connectivity index (χ2n) is 14.4. The van der Waals surface area contributed by atoms with Crippen LogP contribution in [0.15, 0.2) is 36.4 Å². The van der Waals surface area contributed by atoms with E-state index in [1.54, 1.807) is 24.3 Å². The Kier molecular flexibility index (Phi) is 21.2. The van der Waals surface area contributed by atoms with Gasteiger partial charge in [0.25, 0.3) is 23.6 Å². The number of unbranched alkanes of at least 4 members (excludes halogenated alkanes) is 15. The predicted octanol–water partition coefficient (Wildman–Crippen LogP) is 8.88. The molecule has 10 heteroatoms. The topological polar surface area (TPSA) is 157 Å². The van der Waals surface area contributed by atoms with Crippen molar-refractivity contribution in [3.05, 3.63) is 58.7 Å². The van der Waals surface area contributed by atoms with Crippen LogP contribution in [-0.2, 0) is 22.4 Å². The number of benzene rings is 2. The van der Waals surface area contributed by atoms with Gasteiger partial charge in [0.1, 0.15) is 16.9 Å². The lowest BCUT2D eigenvalue weighted by atomic mass is 9.82. The molecule has 0 aliphatic rings. The first-order valence-corrected chi connectivity index (χ1v) is 19.9. The molecule has 2 aromatic rings. The molecular weight excluding hydrogens is 656 g/mol. The zero-order valence-corrected chi connectivity index (χ0v) is 32.3. The van der Waals surface area contributed by atoms with Crippen molar-refractivity contribution in [2.75, 3.05) is 0 Å². The number of nitrogens with one attached hydrogen (secondary N) is 4. The van der Waals surface area contributed by atoms with E-state index < -0.39 is 29.0 Å². The van der Waals surface area contributed by atoms with Crippen molar-refractivity contribution >= 4 is 23.6 Å². The molecule has 4 amide bonds. The highest BCUT2D eigenvalue weighted by atomic mass is 16.3. The van der Waals surface area contributed by atoms with Gasteiger partial charge in [-0.2, -0.15) is 0 Å². The summed E-state index contributed by atoms with van der Waals surface area (Å²) in [5.74, 6) is -3.34. The van der Waals surface area contributed by atoms with Gasteiger partial charge in [-0.25, -0.2) is 0 Å². The number of aryl methyl sites for hydroxylation is 2. The van der Waals surface area contributed by atoms with Gasteiger partial charge in [0.05, 0.1) is 11.1 Å². The minimum atomic E-state index is -1.66. The standard InChI is InChI=1S/C42H66N4O6/c1-5-8-11-14-17-20-23-32-25-27-34(36(47)30-32)38(49)43-45-40(51)42(4,29-22-19-16-13-10-7-3)41(52)46-44-39(50)35-28-26-33(31-37(35)48)24-21-18-15-12-9-6-2/h25-28,30-31,47-48H,5-24,29H2,1-4H3,(H,43,49)(H,44,50)(H,45,51)(H,46,52). The first-order valence-electron chi connectivity index (χ1n) is 19.9. The van der Waals surface area contributed by atoms with Crippen LogP contribution < -0.4 is 21.7 Å². The molecule has 0 fully saturated rings. The van der Waals surface area contributed by atoms with Crippen LogP contribution in [0.2, 0.25) is 0 Å². The van der Waals surface area contributed by atoms with Crippen LogP contribution in [0.5, 0.6) is 11.5 Å². The number of carbonyl (C=O) groups is 4. The van der Waals surface area contributed by atoms with Crippen LogP contribution in [0.3, 0.4) is 0 Å². The third kappa shape index (κ3) is 15.7. The molecule has 0 aliphatic carbocycles. The maximum Gasteiger partial charge on any atom is 0.273 e. The Morgan fingerprint density at radius 1 is 0.500 bits per heavy atom. The van der Waals surface area contributed by atoms with Gasteiger partial charge in [-0.1, -0.05) is 136 Å². The Morgan fingerprint density at radius 2 is 0.846 bits per heavy atom. The fourth-order valence-corrected chi connectivity index (χ4v) is 6.30. The van der Waals surface area contributed by atoms with Gasteiger partial charge in [0, 0.05) is 0 Å². The van der Waals surface area contributed by atoms with Gasteiger partial charge in [-0.15, -0.1) is 0 Å². The molecular formula is C42H66N4O6. The Hall–Kier alpha value is -4.08. The Labute approximate surface area is 312 Å². The maximum absolute atomic E-state index is 13.5. The second kappa shape index (κ2) is 25.0. The molecule has 0 spiro atoms. The molecule has 52 heavy (non-hydrogen) atoms. The summed E-state index contributed by atoms with van der Waals surface area (Å²) in [6.07, 6.45) is 21.2. The van der Waals surface area contributed by atoms with Gasteiger partial charge in [-0.05, 0) is 74.4 Å². The lowest BCUT2D eigenvalue weighted by Crippen LogP contribution is -2.57. The average Bonchev–Trinajstić information content (AvgIpc) is 3.13. The fourth-order valence-electron chi connectivity index (χ4n) is 6.30. The Balaban J connectivity index is 2.01. The normalized spacial score (nSPS) is 11.2. The van der Waals surface area contributed by atoms with E-state index in [1.807, 2.05) is 0 Å². The molecule has 0 heterocycles. The molecule has 6 N–H and O–H groups in total. The molecule has 0 unspecified atom stereocenters. The Morgan fingerprint density at radius 3 is 1.21 bits per heavy atom. The maximum atomic E-state index is 13.5. The van der Waals surface area contributed by atoms with Gasteiger partial charge in [-0.3, -0.25) is 40.9 Å². The summed E-state index contributed by atoms with van der Waals surface area (Å²) in [6, 6.07) is 9.78. The van der Waals surface area contributed by atoms with Gasteiger partial charge >= 0.3 is 0 Å². The van der Waals surface area contributed by atoms with Gasteiger partial charge in [0.2, 0.25) is 0 Å². The summed E-state index contributed by atoms with van der Waals surface area (Å²) < 4.78 is 0. The first-order chi connectivity index (χ1) is 25.1.